The largest absolute Gasteiger partial charge is 0.506 e. The number of aliphatic carboxylic acids is 1. The van der Waals surface area contributed by atoms with Gasteiger partial charge in [0.15, 0.2) is 12.6 Å². The van der Waals surface area contributed by atoms with Gasteiger partial charge in [0.1, 0.15) is 84.0 Å². The van der Waals surface area contributed by atoms with Gasteiger partial charge in [-0.25, -0.2) is 9.78 Å². The van der Waals surface area contributed by atoms with Crippen molar-refractivity contribution in [3.8, 4) is 5.75 Å². The third-order valence-electron chi connectivity index (χ3n) is 12.0. The number of nitrogens with one attached hydrogen (secondary N) is 2. The minimum Gasteiger partial charge on any atom is -0.506 e. The fraction of sp³-hybridized carbons (Fsp3) is 0.698. The van der Waals surface area contributed by atoms with Gasteiger partial charge in [-0.3, -0.25) is 14.4 Å². The summed E-state index contributed by atoms with van der Waals surface area (Å²) in [5.41, 5.74) is -0.146. The first-order chi connectivity index (χ1) is 32.4. The normalized spacial score (nSPS) is 32.8. The number of carboxylic acids is 1. The van der Waals surface area contributed by atoms with Gasteiger partial charge in [-0.1, -0.05) is 43.9 Å². The second-order valence-electron chi connectivity index (χ2n) is 16.8. The van der Waals surface area contributed by atoms with E-state index in [1.807, 2.05) is 0 Å². The minimum absolute atomic E-state index is 0.0104. The molecule has 11 unspecified atom stereocenters. The first-order valence-electron chi connectivity index (χ1n) is 22.2. The maximum Gasteiger partial charge on any atom is 0.364 e. The molecule has 68 heavy (non-hydrogen) atoms. The number of carboxylic acid groups (broad SMARTS) is 1. The number of rotatable bonds is 23. The standard InChI is InChI=1S/C43H63N3O22/c1-20(50)44-30-24(52)16-43(42(60)61,67-37(30)32(55)25(53)17-47)68-38-34(57)27(19-49)65-41(35(38)58)66-36-31(46-39(59)22-14-13-21-10-9-11-23(51)29(21)45-22)40(64-26(18-48)33(36)56)63-15-8-6-4-3-5-7-12-28(54)62-2/h9-11,13-14,24-27,30-38,40-41,47-49,51-53,55-58H,3-8,12,15-19H2,1-2H3,(H,44,50)(H,46,59)(H,60,61)/t24?,25?,26?,27?,30-,31?,32?,33-,34+,35?,36?,37?,38?,40-,41?,43+/m1/s1. The zero-order valence-electron chi connectivity index (χ0n) is 37.4. The molecule has 0 aliphatic carbocycles. The number of ether oxygens (including phenoxy) is 7. The van der Waals surface area contributed by atoms with Gasteiger partial charge < -0.3 is 100.0 Å². The van der Waals surface area contributed by atoms with Gasteiger partial charge in [0, 0.05) is 31.8 Å². The molecule has 3 saturated heterocycles. The van der Waals surface area contributed by atoms with Gasteiger partial charge in [0.05, 0.1) is 39.1 Å². The van der Waals surface area contributed by atoms with Crippen LogP contribution in [0.15, 0.2) is 30.3 Å². The number of nitrogens with zero attached hydrogens (tertiary/aromatic N) is 1. The first kappa shape index (κ1) is 54.6. The van der Waals surface area contributed by atoms with Crippen molar-refractivity contribution in [2.24, 2.45) is 0 Å². The highest BCUT2D eigenvalue weighted by Crippen LogP contribution is 2.38. The maximum atomic E-state index is 14.0. The number of unbranched alkanes of at least 4 members (excludes halogenated alkanes) is 5. The third kappa shape index (κ3) is 13.1. The molecular formula is C43H63N3O22. The summed E-state index contributed by atoms with van der Waals surface area (Å²) in [4.78, 5) is 54.8. The summed E-state index contributed by atoms with van der Waals surface area (Å²) in [5.74, 6) is -7.31. The Balaban J connectivity index is 1.43. The number of carbonyl (C=O) groups excluding carboxylic acids is 3. The summed E-state index contributed by atoms with van der Waals surface area (Å²) in [7, 11) is 1.32. The maximum absolute atomic E-state index is 14.0. The molecule has 25 nitrogen and oxygen atoms in total. The number of benzene rings is 1. The van der Waals surface area contributed by atoms with Crippen LogP contribution in [0.25, 0.3) is 10.9 Å². The van der Waals surface area contributed by atoms with Crippen LogP contribution in [0.5, 0.6) is 5.75 Å². The number of aromatic nitrogens is 1. The van der Waals surface area contributed by atoms with Crippen molar-refractivity contribution in [2.75, 3.05) is 33.5 Å². The summed E-state index contributed by atoms with van der Waals surface area (Å²) < 4.78 is 40.0. The number of hydrogen-bond acceptors (Lipinski definition) is 22. The van der Waals surface area contributed by atoms with E-state index in [2.05, 4.69) is 20.4 Å². The topological polar surface area (TPSA) is 392 Å². The fourth-order valence-corrected chi connectivity index (χ4v) is 8.32. The van der Waals surface area contributed by atoms with Crippen molar-refractivity contribution in [3.63, 3.8) is 0 Å². The molecular weight excluding hydrogens is 910 g/mol. The van der Waals surface area contributed by atoms with Crippen molar-refractivity contribution >= 4 is 34.7 Å². The summed E-state index contributed by atoms with van der Waals surface area (Å²) in [6.45, 7) is -1.90. The monoisotopic (exact) mass is 973 g/mol. The number of aromatic hydroxyl groups is 1. The van der Waals surface area contributed by atoms with E-state index in [-0.39, 0.29) is 29.5 Å². The van der Waals surface area contributed by atoms with Gasteiger partial charge in [-0.05, 0) is 25.0 Å². The lowest BCUT2D eigenvalue weighted by molar-refractivity contribution is -0.381. The second-order valence-corrected chi connectivity index (χ2v) is 16.8. The summed E-state index contributed by atoms with van der Waals surface area (Å²) in [5, 5.41) is 124. The lowest BCUT2D eigenvalue weighted by Gasteiger charge is -2.51. The lowest BCUT2D eigenvalue weighted by atomic mass is 9.88. The van der Waals surface area contributed by atoms with E-state index in [0.29, 0.717) is 31.1 Å². The molecule has 1 aromatic heterocycles. The van der Waals surface area contributed by atoms with Crippen LogP contribution in [0.1, 0.15) is 68.8 Å². The van der Waals surface area contributed by atoms with E-state index >= 15 is 0 Å². The fourth-order valence-electron chi connectivity index (χ4n) is 8.32. The van der Waals surface area contributed by atoms with Crippen LogP contribution in [0.2, 0.25) is 0 Å². The van der Waals surface area contributed by atoms with Gasteiger partial charge in [0.25, 0.3) is 11.7 Å². The Labute approximate surface area is 389 Å². The zero-order valence-corrected chi connectivity index (χ0v) is 37.4. The van der Waals surface area contributed by atoms with E-state index in [9.17, 15) is 75.3 Å². The minimum atomic E-state index is -3.11. The number of phenolic OH excluding ortho intramolecular Hbond substituents is 1. The average molecular weight is 974 g/mol. The number of para-hydroxylation sites is 1. The highest BCUT2D eigenvalue weighted by Gasteiger charge is 2.60. The van der Waals surface area contributed by atoms with Crippen molar-refractivity contribution in [1.29, 1.82) is 0 Å². The molecule has 5 rings (SSSR count). The molecule has 3 aliphatic heterocycles. The van der Waals surface area contributed by atoms with Crippen LogP contribution in [0, 0.1) is 0 Å². The van der Waals surface area contributed by atoms with Crippen LogP contribution >= 0.6 is 0 Å². The number of aliphatic hydroxyl groups excluding tert-OH is 9. The molecule has 0 bridgehead atoms. The molecule has 16 atom stereocenters. The molecule has 2 amide bonds. The first-order valence-corrected chi connectivity index (χ1v) is 22.2. The molecule has 4 heterocycles. The number of carbonyl (C=O) groups is 4. The summed E-state index contributed by atoms with van der Waals surface area (Å²) in [6.07, 6.45) is -21.8. The van der Waals surface area contributed by atoms with Crippen molar-refractivity contribution < 1.29 is 109 Å². The van der Waals surface area contributed by atoms with Gasteiger partial charge >= 0.3 is 11.9 Å². The number of aliphatic hydroxyl groups is 9. The molecule has 382 valence electrons. The second kappa shape index (κ2) is 25.0. The highest BCUT2D eigenvalue weighted by atomic mass is 16.8. The number of phenols is 1. The summed E-state index contributed by atoms with van der Waals surface area (Å²) in [6, 6.07) is 4.31. The Bertz CT molecular complexity index is 1980. The molecule has 3 fully saturated rings. The number of methoxy groups -OCH3 is 1. The molecule has 1 aromatic carbocycles. The third-order valence-corrected chi connectivity index (χ3v) is 12.0. The van der Waals surface area contributed by atoms with E-state index < -0.39 is 142 Å². The molecule has 0 saturated carbocycles. The SMILES string of the molecule is COC(=O)CCCCCCCCO[C@@H]1OC(CO)[C@@H](O)C(OC2OC(CO)[C@H](O)C(O[C@]3(C(=O)O)CC(O)[C@@H](NC(C)=O)C(C(O)C(O)CO)O3)C2O)C1NC(=O)c1ccc2cccc(O)c2n1. The number of fused-ring (bicyclic) bond motifs is 1. The Morgan fingerprint density at radius 3 is 2.12 bits per heavy atom. The van der Waals surface area contributed by atoms with Crippen LogP contribution in [0.3, 0.4) is 0 Å². The quantitative estimate of drug-likeness (QED) is 0.0378. The van der Waals surface area contributed by atoms with Crippen LogP contribution in [-0.2, 0) is 47.5 Å². The van der Waals surface area contributed by atoms with Crippen molar-refractivity contribution in [1.82, 2.24) is 15.6 Å². The van der Waals surface area contributed by atoms with Crippen molar-refractivity contribution in [2.45, 2.75) is 156 Å². The number of esters is 1. The van der Waals surface area contributed by atoms with E-state index in [0.717, 1.165) is 26.2 Å². The van der Waals surface area contributed by atoms with Gasteiger partial charge in [0.2, 0.25) is 5.91 Å². The molecule has 0 radical (unpaired) electrons. The van der Waals surface area contributed by atoms with Gasteiger partial charge in [-0.15, -0.1) is 0 Å². The molecule has 2 aromatic rings. The molecule has 3 aliphatic rings. The zero-order chi connectivity index (χ0) is 49.9. The number of hydrogen-bond donors (Lipinski definition) is 13. The van der Waals surface area contributed by atoms with Crippen LogP contribution in [-0.4, -0.2) is 216 Å². The molecule has 25 heteroatoms. The van der Waals surface area contributed by atoms with Crippen LogP contribution in [0.4, 0.5) is 0 Å². The van der Waals surface area contributed by atoms with E-state index in [4.69, 9.17) is 28.4 Å². The van der Waals surface area contributed by atoms with E-state index in [1.165, 1.54) is 25.3 Å². The predicted molar refractivity (Wildman–Crippen MR) is 227 cm³/mol. The Hall–Kier alpha value is -4.29. The van der Waals surface area contributed by atoms with Crippen LogP contribution < -0.4 is 10.6 Å². The highest BCUT2D eigenvalue weighted by molar-refractivity contribution is 5.96. The number of pyridine rings is 1. The van der Waals surface area contributed by atoms with Crippen molar-refractivity contribution in [3.05, 3.63) is 36.0 Å². The Kier molecular flexibility index (Phi) is 20.1. The lowest BCUT2D eigenvalue weighted by Crippen LogP contribution is -2.71. The van der Waals surface area contributed by atoms with Gasteiger partial charge in [-0.2, -0.15) is 0 Å². The molecule has 0 spiro atoms. The van der Waals surface area contributed by atoms with E-state index in [1.54, 1.807) is 12.1 Å². The Morgan fingerprint density at radius 1 is 0.838 bits per heavy atom. The molecule has 13 N–H and O–H groups in total. The average Bonchev–Trinajstić information content (AvgIpc) is 3.32. The number of amides is 2. The Morgan fingerprint density at radius 2 is 1.49 bits per heavy atom. The smallest absolute Gasteiger partial charge is 0.364 e. The summed E-state index contributed by atoms with van der Waals surface area (Å²) >= 11 is 0. The predicted octanol–water partition coefficient (Wildman–Crippen LogP) is -3.60.